The zero-order valence-electron chi connectivity index (χ0n) is 6.08. The fraction of sp³-hybridized carbons (Fsp3) is 0.833. The van der Waals surface area contributed by atoms with Gasteiger partial charge in [0.25, 0.3) is 0 Å². The second kappa shape index (κ2) is 4.60. The van der Waals surface area contributed by atoms with Gasteiger partial charge in [-0.05, 0) is 0 Å². The first-order valence-electron chi connectivity index (χ1n) is 3.50. The molecule has 2 aliphatic heterocycles. The maximum Gasteiger partial charge on any atom is 0.125 e. The van der Waals surface area contributed by atoms with E-state index in [-0.39, 0.29) is 12.4 Å². The van der Waals surface area contributed by atoms with Crippen molar-refractivity contribution in [3.05, 3.63) is 0 Å². The molecule has 0 aromatic heterocycles. The minimum Gasteiger partial charge on any atom is -0.314 e. The molecule has 2 rings (SSSR count). The Morgan fingerprint density at radius 1 is 1.55 bits per heavy atom. The fourth-order valence-electron chi connectivity index (χ4n) is 0.875. The van der Waals surface area contributed by atoms with Crippen molar-refractivity contribution in [2.24, 2.45) is 4.99 Å². The van der Waals surface area contributed by atoms with Gasteiger partial charge in [0.15, 0.2) is 0 Å². The summed E-state index contributed by atoms with van der Waals surface area (Å²) in [6, 6.07) is 0. The summed E-state index contributed by atoms with van der Waals surface area (Å²) in [4.78, 5) is 4.37. The molecule has 0 bridgehead atoms. The summed E-state index contributed by atoms with van der Waals surface area (Å²) in [5, 5.41) is 4.06. The van der Waals surface area contributed by atoms with Crippen LogP contribution < -0.4 is 5.32 Å². The highest BCUT2D eigenvalue weighted by Crippen LogP contribution is 2.27. The second-order valence-electron chi connectivity index (χ2n) is 2.39. The van der Waals surface area contributed by atoms with Gasteiger partial charge in [0, 0.05) is 24.1 Å². The molecule has 0 atom stereocenters. The fourth-order valence-corrected chi connectivity index (χ4v) is 3.20. The van der Waals surface area contributed by atoms with E-state index in [9.17, 15) is 0 Å². The van der Waals surface area contributed by atoms with Crippen LogP contribution in [0.1, 0.15) is 0 Å². The third kappa shape index (κ3) is 2.54. The molecule has 0 unspecified atom stereocenters. The molecule has 0 aromatic rings. The van der Waals surface area contributed by atoms with Gasteiger partial charge in [0.05, 0.1) is 6.54 Å². The van der Waals surface area contributed by atoms with Crippen molar-refractivity contribution in [2.75, 3.05) is 25.4 Å². The van der Waals surface area contributed by atoms with E-state index in [1.165, 1.54) is 23.2 Å². The normalized spacial score (nSPS) is 23.8. The molecule has 2 aliphatic rings. The number of aliphatic imine (C=N–C) groups is 1. The first kappa shape index (κ1) is 9.71. The first-order valence-corrected chi connectivity index (χ1v) is 5.36. The first-order chi connectivity index (χ1) is 4.95. The monoisotopic (exact) mass is 210 g/mol. The molecule has 1 N–H and O–H groups in total. The number of hydrogen-bond acceptors (Lipinski definition) is 4. The van der Waals surface area contributed by atoms with E-state index in [1.54, 1.807) is 0 Å². The van der Waals surface area contributed by atoms with Gasteiger partial charge in [-0.1, -0.05) is 23.5 Å². The van der Waals surface area contributed by atoms with Gasteiger partial charge >= 0.3 is 0 Å². The molecule has 1 fully saturated rings. The summed E-state index contributed by atoms with van der Waals surface area (Å²) in [7, 11) is 0. The van der Waals surface area contributed by atoms with Gasteiger partial charge in [-0.3, -0.25) is 4.99 Å². The zero-order valence-corrected chi connectivity index (χ0v) is 8.53. The molecule has 0 aromatic carbocycles. The van der Waals surface area contributed by atoms with Crippen molar-refractivity contribution in [3.8, 4) is 0 Å². The molecule has 0 spiro atoms. The van der Waals surface area contributed by atoms with E-state index in [0.29, 0.717) is 0 Å². The summed E-state index contributed by atoms with van der Waals surface area (Å²) >= 11 is 3.85. The van der Waals surface area contributed by atoms with Crippen LogP contribution in [0.3, 0.4) is 0 Å². The third-order valence-corrected chi connectivity index (χ3v) is 3.97. The highest BCUT2D eigenvalue weighted by Gasteiger charge is 2.21. The topological polar surface area (TPSA) is 24.4 Å². The van der Waals surface area contributed by atoms with Crippen LogP contribution >= 0.6 is 35.9 Å². The molecule has 0 aliphatic carbocycles. The Bertz CT molecular complexity index is 159. The Labute approximate surface area is 81.4 Å². The predicted molar refractivity (Wildman–Crippen MR) is 56.3 cm³/mol. The minimum absolute atomic E-state index is 0. The van der Waals surface area contributed by atoms with E-state index < -0.39 is 0 Å². The average Bonchev–Trinajstić information content (AvgIpc) is 2.29. The Balaban J connectivity index is 0.000000605. The van der Waals surface area contributed by atoms with Crippen LogP contribution in [0.15, 0.2) is 4.99 Å². The predicted octanol–water partition coefficient (Wildman–Crippen LogP) is 1.22. The molecule has 0 radical (unpaired) electrons. The molecular weight excluding hydrogens is 200 g/mol. The van der Waals surface area contributed by atoms with Gasteiger partial charge < -0.3 is 5.32 Å². The van der Waals surface area contributed by atoms with Crippen molar-refractivity contribution in [1.82, 2.24) is 5.32 Å². The number of rotatable bonds is 1. The van der Waals surface area contributed by atoms with Gasteiger partial charge in [0.2, 0.25) is 0 Å². The second-order valence-corrected chi connectivity index (χ2v) is 5.03. The van der Waals surface area contributed by atoms with Crippen LogP contribution in [0.25, 0.3) is 0 Å². The molecule has 5 heteroatoms. The summed E-state index contributed by atoms with van der Waals surface area (Å²) < 4.78 is 1.31. The van der Waals surface area contributed by atoms with E-state index in [2.05, 4.69) is 10.3 Å². The SMILES string of the molecule is C1CSC(SC2CNC2)=N1.Cl. The van der Waals surface area contributed by atoms with Crippen LogP contribution in [0, 0.1) is 0 Å². The quantitative estimate of drug-likeness (QED) is 0.705. The van der Waals surface area contributed by atoms with Crippen LogP contribution in [-0.2, 0) is 0 Å². The van der Waals surface area contributed by atoms with Crippen molar-refractivity contribution in [1.29, 1.82) is 0 Å². The molecule has 1 saturated heterocycles. The molecule has 64 valence electrons. The molecule has 2 heterocycles. The summed E-state index contributed by atoms with van der Waals surface area (Å²) in [5.74, 6) is 1.20. The number of nitrogens with zero attached hydrogens (tertiary/aromatic N) is 1. The summed E-state index contributed by atoms with van der Waals surface area (Å²) in [5.41, 5.74) is 0. The van der Waals surface area contributed by atoms with E-state index in [4.69, 9.17) is 0 Å². The molecular formula is C6H11ClN2S2. The van der Waals surface area contributed by atoms with E-state index in [0.717, 1.165) is 11.8 Å². The molecule has 0 saturated carbocycles. The van der Waals surface area contributed by atoms with Crippen molar-refractivity contribution in [2.45, 2.75) is 5.25 Å². The number of halogens is 1. The van der Waals surface area contributed by atoms with Gasteiger partial charge in [-0.25, -0.2) is 0 Å². The van der Waals surface area contributed by atoms with Crippen LogP contribution in [0.4, 0.5) is 0 Å². The Morgan fingerprint density at radius 2 is 2.36 bits per heavy atom. The molecule has 2 nitrogen and oxygen atoms in total. The highest BCUT2D eigenvalue weighted by molar-refractivity contribution is 8.39. The van der Waals surface area contributed by atoms with Gasteiger partial charge in [-0.15, -0.1) is 12.4 Å². The standard InChI is InChI=1S/C6H10N2S2.ClH/c1-2-9-6(8-1)10-5-3-7-4-5;/h5,7H,1-4H2;1H. The van der Waals surface area contributed by atoms with E-state index in [1.807, 2.05) is 23.5 Å². The third-order valence-electron chi connectivity index (χ3n) is 1.57. The Hall–Kier alpha value is 0.620. The van der Waals surface area contributed by atoms with Crippen LogP contribution in [-0.4, -0.2) is 35.0 Å². The lowest BCUT2D eigenvalue weighted by atomic mass is 10.3. The van der Waals surface area contributed by atoms with Crippen molar-refractivity contribution >= 4 is 40.3 Å². The van der Waals surface area contributed by atoms with Crippen molar-refractivity contribution < 1.29 is 0 Å². The number of hydrogen-bond donors (Lipinski definition) is 1. The zero-order chi connectivity index (χ0) is 6.81. The number of thioether (sulfide) groups is 2. The Kier molecular flexibility index (Phi) is 4.06. The highest BCUT2D eigenvalue weighted by atomic mass is 35.5. The maximum atomic E-state index is 4.37. The lowest BCUT2D eigenvalue weighted by Crippen LogP contribution is -2.44. The number of nitrogens with one attached hydrogen (secondary N) is 1. The Morgan fingerprint density at radius 3 is 2.82 bits per heavy atom. The van der Waals surface area contributed by atoms with Gasteiger partial charge in [0.1, 0.15) is 4.38 Å². The van der Waals surface area contributed by atoms with Crippen LogP contribution in [0.2, 0.25) is 0 Å². The van der Waals surface area contributed by atoms with Gasteiger partial charge in [-0.2, -0.15) is 0 Å². The lowest BCUT2D eigenvalue weighted by molar-refractivity contribution is 0.545. The van der Waals surface area contributed by atoms with Crippen molar-refractivity contribution in [3.63, 3.8) is 0 Å². The molecule has 0 amide bonds. The summed E-state index contributed by atoms with van der Waals surface area (Å²) in [6.07, 6.45) is 0. The summed E-state index contributed by atoms with van der Waals surface area (Å²) in [6.45, 7) is 3.38. The average molecular weight is 211 g/mol. The largest absolute Gasteiger partial charge is 0.314 e. The van der Waals surface area contributed by atoms with E-state index >= 15 is 0 Å². The maximum absolute atomic E-state index is 4.37. The smallest absolute Gasteiger partial charge is 0.125 e. The minimum atomic E-state index is 0. The lowest BCUT2D eigenvalue weighted by Gasteiger charge is -2.25. The molecule has 11 heavy (non-hydrogen) atoms. The van der Waals surface area contributed by atoms with Crippen LogP contribution in [0.5, 0.6) is 0 Å².